The number of benzene rings is 1. The van der Waals surface area contributed by atoms with Gasteiger partial charge in [0, 0.05) is 0 Å². The number of aliphatic hydroxyl groups is 5. The van der Waals surface area contributed by atoms with Crippen LogP contribution < -0.4 is 10.6 Å². The molecular weight excluding hydrogens is 436 g/mol. The van der Waals surface area contributed by atoms with Crippen LogP contribution in [0.1, 0.15) is 18.1 Å². The fourth-order valence-corrected chi connectivity index (χ4v) is 5.69. The van der Waals surface area contributed by atoms with Crippen molar-refractivity contribution in [2.45, 2.75) is 30.3 Å². The number of likely N-dealkylation sites (N-methyl/N-ethyl adjacent to an activating group) is 1. The lowest BCUT2D eigenvalue weighted by Crippen LogP contribution is -3.13. The number of hydrogen-bond donors (Lipinski definition) is 8. The number of phenolic OH excluding ortho intramolecular Hbond substituents is 1. The van der Waals surface area contributed by atoms with Crippen LogP contribution in [0.4, 0.5) is 0 Å². The Hall–Kier alpha value is -3.25. The SMILES string of the molecule is C[NH+](C)[C@H]1C(=O)C(C(N)=O)=C(O)[C@@]2(O)C(=O)C3=C(O)c4c(O)cccc4[C@@](C)(O)[C@H]3[C@H](O)[C@@H]12. The van der Waals surface area contributed by atoms with E-state index < -0.39 is 81.1 Å². The third kappa shape index (κ3) is 2.61. The predicted molar refractivity (Wildman–Crippen MR) is 111 cm³/mol. The Bertz CT molecular complexity index is 1180. The average Bonchev–Trinajstić information content (AvgIpc) is 2.70. The van der Waals surface area contributed by atoms with Crippen LogP contribution in [0.25, 0.3) is 5.76 Å². The number of carbonyl (C=O) groups is 3. The van der Waals surface area contributed by atoms with Crippen LogP contribution in [0.2, 0.25) is 0 Å². The molecule has 0 aromatic heterocycles. The average molecular weight is 461 g/mol. The molecule has 0 radical (unpaired) electrons. The standard InChI is InChI=1S/C22H24N2O9/c1-21(32)7-5-4-6-8(25)9(7)15(26)10-12(21)17(28)13-14(24(2)3)16(27)11(20(23)31)19(30)22(13,33)18(10)29/h4-6,12-14,17,25-26,28,30,32-33H,1-3H3,(H2,23,31)/p+1/t12-,13-,14-,17+,21-,22+/m1/s1. The molecule has 3 aliphatic rings. The number of quaternary nitrogens is 1. The zero-order chi connectivity index (χ0) is 24.8. The molecule has 0 heterocycles. The highest BCUT2D eigenvalue weighted by atomic mass is 16.4. The Kier molecular flexibility index (Phi) is 4.78. The van der Waals surface area contributed by atoms with Gasteiger partial charge < -0.3 is 41.3 Å². The van der Waals surface area contributed by atoms with E-state index in [1.165, 1.54) is 39.2 Å². The van der Waals surface area contributed by atoms with Crippen LogP contribution in [0.3, 0.4) is 0 Å². The molecule has 0 spiro atoms. The number of hydrogen-bond acceptors (Lipinski definition) is 9. The zero-order valence-corrected chi connectivity index (χ0v) is 18.0. The van der Waals surface area contributed by atoms with Crippen molar-refractivity contribution in [2.75, 3.05) is 14.1 Å². The van der Waals surface area contributed by atoms with E-state index in [4.69, 9.17) is 5.73 Å². The van der Waals surface area contributed by atoms with Crippen molar-refractivity contribution in [2.24, 2.45) is 17.6 Å². The van der Waals surface area contributed by atoms with E-state index in [1.807, 2.05) is 0 Å². The van der Waals surface area contributed by atoms with Crippen LogP contribution in [0.15, 0.2) is 35.1 Å². The summed E-state index contributed by atoms with van der Waals surface area (Å²) in [4.78, 5) is 39.0. The summed E-state index contributed by atoms with van der Waals surface area (Å²) in [6, 6.07) is 2.60. The number of carbonyl (C=O) groups excluding carboxylic acids is 3. The van der Waals surface area contributed by atoms with Crippen molar-refractivity contribution >= 4 is 23.2 Å². The van der Waals surface area contributed by atoms with Crippen molar-refractivity contribution in [3.05, 3.63) is 46.2 Å². The minimum atomic E-state index is -3.00. The highest BCUT2D eigenvalue weighted by molar-refractivity contribution is 6.24. The van der Waals surface area contributed by atoms with E-state index in [0.717, 1.165) is 0 Å². The maximum absolute atomic E-state index is 13.7. The number of rotatable bonds is 2. The molecule has 1 fully saturated rings. The van der Waals surface area contributed by atoms with Gasteiger partial charge in [-0.05, 0) is 18.6 Å². The summed E-state index contributed by atoms with van der Waals surface area (Å²) < 4.78 is 0. The summed E-state index contributed by atoms with van der Waals surface area (Å²) in [5.41, 5.74) is -1.69. The minimum Gasteiger partial charge on any atom is -0.508 e. The topological polar surface area (TPSA) is 203 Å². The Morgan fingerprint density at radius 1 is 1.12 bits per heavy atom. The molecule has 0 unspecified atom stereocenters. The van der Waals surface area contributed by atoms with E-state index in [1.54, 1.807) is 0 Å². The first-order valence-corrected chi connectivity index (χ1v) is 10.2. The lowest BCUT2D eigenvalue weighted by Gasteiger charge is -2.54. The second-order valence-electron chi connectivity index (χ2n) is 9.21. The second-order valence-corrected chi connectivity index (χ2v) is 9.21. The summed E-state index contributed by atoms with van der Waals surface area (Å²) in [5, 5.41) is 66.4. The van der Waals surface area contributed by atoms with Gasteiger partial charge in [0.05, 0.1) is 48.8 Å². The number of aromatic hydroxyl groups is 1. The fraction of sp³-hybridized carbons (Fsp3) is 0.409. The highest BCUT2D eigenvalue weighted by Gasteiger charge is 2.71. The highest BCUT2D eigenvalue weighted by Crippen LogP contribution is 2.56. The van der Waals surface area contributed by atoms with Gasteiger partial charge in [0.15, 0.2) is 11.6 Å². The summed E-state index contributed by atoms with van der Waals surface area (Å²) in [6.07, 6.45) is -1.85. The molecule has 176 valence electrons. The largest absolute Gasteiger partial charge is 0.508 e. The Balaban J connectivity index is 2.11. The normalized spacial score (nSPS) is 36.0. The number of nitrogens with two attached hydrogens (primary N) is 1. The predicted octanol–water partition coefficient (Wildman–Crippen LogP) is -2.82. The van der Waals surface area contributed by atoms with Crippen molar-refractivity contribution in [1.82, 2.24) is 0 Å². The third-order valence-electron chi connectivity index (χ3n) is 7.13. The number of amides is 1. The maximum atomic E-state index is 13.7. The van der Waals surface area contributed by atoms with Gasteiger partial charge in [-0.25, -0.2) is 0 Å². The van der Waals surface area contributed by atoms with Crippen LogP contribution in [0.5, 0.6) is 5.75 Å². The van der Waals surface area contributed by atoms with Crippen molar-refractivity contribution < 1.29 is 49.9 Å². The first-order chi connectivity index (χ1) is 15.2. The third-order valence-corrected chi connectivity index (χ3v) is 7.13. The molecule has 9 N–H and O–H groups in total. The summed E-state index contributed by atoms with van der Waals surface area (Å²) in [7, 11) is 2.96. The lowest BCUT2D eigenvalue weighted by atomic mass is 9.53. The molecule has 1 aromatic carbocycles. The molecule has 4 rings (SSSR count). The van der Waals surface area contributed by atoms with Gasteiger partial charge >= 0.3 is 0 Å². The van der Waals surface area contributed by atoms with Gasteiger partial charge in [0.1, 0.15) is 22.8 Å². The molecule has 33 heavy (non-hydrogen) atoms. The summed E-state index contributed by atoms with van der Waals surface area (Å²) in [5.74, 6) is -9.53. The molecule has 11 nitrogen and oxygen atoms in total. The zero-order valence-electron chi connectivity index (χ0n) is 18.0. The molecule has 6 atom stereocenters. The van der Waals surface area contributed by atoms with Gasteiger partial charge in [-0.3, -0.25) is 14.4 Å². The fourth-order valence-electron chi connectivity index (χ4n) is 5.69. The van der Waals surface area contributed by atoms with Crippen LogP contribution in [0, 0.1) is 11.8 Å². The van der Waals surface area contributed by atoms with Gasteiger partial charge in [-0.15, -0.1) is 0 Å². The second kappa shape index (κ2) is 6.87. The molecule has 1 saturated carbocycles. The Morgan fingerprint density at radius 3 is 2.27 bits per heavy atom. The Labute approximate surface area is 187 Å². The molecular formula is C22H25N2O9+. The number of ketones is 2. The van der Waals surface area contributed by atoms with Crippen molar-refractivity contribution in [3.63, 3.8) is 0 Å². The number of aliphatic hydroxyl groups excluding tert-OH is 3. The smallest absolute Gasteiger partial charge is 0.256 e. The van der Waals surface area contributed by atoms with E-state index in [9.17, 15) is 45.0 Å². The van der Waals surface area contributed by atoms with E-state index >= 15 is 0 Å². The molecule has 0 bridgehead atoms. The summed E-state index contributed by atoms with van der Waals surface area (Å²) in [6.45, 7) is 1.26. The molecule has 1 amide bonds. The van der Waals surface area contributed by atoms with Crippen LogP contribution in [-0.4, -0.2) is 80.0 Å². The molecule has 0 aliphatic heterocycles. The molecule has 1 aromatic rings. The maximum Gasteiger partial charge on any atom is 0.256 e. The molecule has 3 aliphatic carbocycles. The quantitative estimate of drug-likeness (QED) is 0.214. The van der Waals surface area contributed by atoms with E-state index in [2.05, 4.69) is 0 Å². The number of nitrogens with one attached hydrogen (secondary N) is 1. The van der Waals surface area contributed by atoms with Gasteiger partial charge in [-0.2, -0.15) is 0 Å². The summed E-state index contributed by atoms with van der Waals surface area (Å²) >= 11 is 0. The van der Waals surface area contributed by atoms with Crippen molar-refractivity contribution in [1.29, 1.82) is 0 Å². The lowest BCUT2D eigenvalue weighted by molar-refractivity contribution is -0.881. The number of fused-ring (bicyclic) bond motifs is 3. The minimum absolute atomic E-state index is 0.0134. The Morgan fingerprint density at radius 2 is 1.73 bits per heavy atom. The van der Waals surface area contributed by atoms with Gasteiger partial charge in [0.2, 0.25) is 11.6 Å². The van der Waals surface area contributed by atoms with Gasteiger partial charge in [0.25, 0.3) is 5.91 Å². The van der Waals surface area contributed by atoms with Crippen LogP contribution in [-0.2, 0) is 20.0 Å². The molecule has 0 saturated heterocycles. The first-order valence-electron chi connectivity index (χ1n) is 10.2. The van der Waals surface area contributed by atoms with Crippen LogP contribution >= 0.6 is 0 Å². The monoisotopic (exact) mass is 461 g/mol. The molecule has 11 heteroatoms. The number of primary amides is 1. The van der Waals surface area contributed by atoms with Gasteiger partial charge in [-0.1, -0.05) is 12.1 Å². The van der Waals surface area contributed by atoms with E-state index in [-0.39, 0.29) is 11.1 Å². The first kappa shape index (κ1) is 22.9. The number of phenols is 1. The van der Waals surface area contributed by atoms with E-state index in [0.29, 0.717) is 4.90 Å². The number of Topliss-reactive ketones (excluding diaryl/α,β-unsaturated/α-hetero) is 2. The van der Waals surface area contributed by atoms with Crippen molar-refractivity contribution in [3.8, 4) is 5.75 Å².